The Balaban J connectivity index is 1.52. The van der Waals surface area contributed by atoms with Crippen molar-refractivity contribution in [3.05, 3.63) is 53.6 Å². The number of benzene rings is 2. The second-order valence-electron chi connectivity index (χ2n) is 10.5. The summed E-state index contributed by atoms with van der Waals surface area (Å²) in [4.78, 5) is 41.6. The Morgan fingerprint density at radius 3 is 2.38 bits per heavy atom. The van der Waals surface area contributed by atoms with Crippen LogP contribution in [0.25, 0.3) is 0 Å². The molecular formula is C28H33F3N4O5. The maximum Gasteiger partial charge on any atom is 0.416 e. The Labute approximate surface area is 230 Å². The van der Waals surface area contributed by atoms with Gasteiger partial charge in [0.1, 0.15) is 11.9 Å². The quantitative estimate of drug-likeness (QED) is 0.462. The van der Waals surface area contributed by atoms with Crippen molar-refractivity contribution in [2.75, 3.05) is 37.4 Å². The van der Waals surface area contributed by atoms with Crippen LogP contribution in [0.4, 0.5) is 29.3 Å². The van der Waals surface area contributed by atoms with Gasteiger partial charge in [-0.05, 0) is 62.2 Å². The SMILES string of the molecule is C[C@@H]1CN([C@H](C)CO)C(=O)c2cc(NC(=O)C3CC3)ccc2O[C@@H]1CN(C)C(=O)Nc1ccc(C(F)(F)F)cc1. The minimum absolute atomic E-state index is 0.0191. The minimum atomic E-state index is -4.48. The monoisotopic (exact) mass is 562 g/mol. The fourth-order valence-electron chi connectivity index (χ4n) is 4.42. The van der Waals surface area contributed by atoms with Gasteiger partial charge in [-0.25, -0.2) is 4.79 Å². The summed E-state index contributed by atoms with van der Waals surface area (Å²) < 4.78 is 44.8. The Bertz CT molecular complexity index is 1250. The fourth-order valence-corrected chi connectivity index (χ4v) is 4.42. The number of urea groups is 1. The highest BCUT2D eigenvalue weighted by atomic mass is 19.4. The second-order valence-corrected chi connectivity index (χ2v) is 10.5. The zero-order chi connectivity index (χ0) is 29.2. The lowest BCUT2D eigenvalue weighted by Gasteiger charge is -2.38. The number of nitrogens with zero attached hydrogens (tertiary/aromatic N) is 2. The molecule has 9 nitrogen and oxygen atoms in total. The van der Waals surface area contributed by atoms with Crippen LogP contribution in [-0.2, 0) is 11.0 Å². The number of ether oxygens (including phenoxy) is 1. The van der Waals surface area contributed by atoms with Crippen molar-refractivity contribution in [3.63, 3.8) is 0 Å². The summed E-state index contributed by atoms with van der Waals surface area (Å²) in [5, 5.41) is 15.2. The summed E-state index contributed by atoms with van der Waals surface area (Å²) >= 11 is 0. The molecule has 2 aromatic rings. The normalized spacial score (nSPS) is 20.0. The number of amides is 4. The zero-order valence-electron chi connectivity index (χ0n) is 22.5. The number of halogens is 3. The minimum Gasteiger partial charge on any atom is -0.487 e. The van der Waals surface area contributed by atoms with Crippen molar-refractivity contribution in [1.82, 2.24) is 9.80 Å². The number of anilines is 2. The van der Waals surface area contributed by atoms with Gasteiger partial charge in [-0.3, -0.25) is 9.59 Å². The number of rotatable bonds is 7. The van der Waals surface area contributed by atoms with E-state index in [1.54, 1.807) is 30.0 Å². The molecule has 12 heteroatoms. The fraction of sp³-hybridized carbons (Fsp3) is 0.464. The van der Waals surface area contributed by atoms with E-state index < -0.39 is 29.9 Å². The van der Waals surface area contributed by atoms with Crippen LogP contribution in [0, 0.1) is 11.8 Å². The van der Waals surface area contributed by atoms with Gasteiger partial charge in [0, 0.05) is 36.8 Å². The first-order valence-corrected chi connectivity index (χ1v) is 13.1. The van der Waals surface area contributed by atoms with Gasteiger partial charge in [0.25, 0.3) is 5.91 Å². The number of hydrogen-bond acceptors (Lipinski definition) is 5. The number of likely N-dealkylation sites (N-methyl/N-ethyl adjacent to an activating group) is 1. The molecule has 0 aromatic heterocycles. The average Bonchev–Trinajstić information content (AvgIpc) is 3.76. The van der Waals surface area contributed by atoms with Crippen molar-refractivity contribution in [3.8, 4) is 5.75 Å². The van der Waals surface area contributed by atoms with E-state index in [1.807, 2.05) is 6.92 Å². The van der Waals surface area contributed by atoms with Crippen LogP contribution in [0.5, 0.6) is 5.75 Å². The van der Waals surface area contributed by atoms with Gasteiger partial charge in [-0.1, -0.05) is 6.92 Å². The second kappa shape index (κ2) is 11.7. The van der Waals surface area contributed by atoms with Gasteiger partial charge in [0.05, 0.1) is 30.3 Å². The molecule has 1 heterocycles. The van der Waals surface area contributed by atoms with Crippen molar-refractivity contribution in [2.24, 2.45) is 11.8 Å². The van der Waals surface area contributed by atoms with Gasteiger partial charge in [0.15, 0.2) is 0 Å². The Hall–Kier alpha value is -3.80. The maximum absolute atomic E-state index is 13.5. The van der Waals surface area contributed by atoms with Crippen LogP contribution in [0.1, 0.15) is 42.6 Å². The Morgan fingerprint density at radius 1 is 1.12 bits per heavy atom. The summed E-state index contributed by atoms with van der Waals surface area (Å²) in [6.45, 7) is 3.67. The van der Waals surface area contributed by atoms with E-state index in [1.165, 1.54) is 24.1 Å². The predicted molar refractivity (Wildman–Crippen MR) is 142 cm³/mol. The molecule has 1 aliphatic carbocycles. The van der Waals surface area contributed by atoms with E-state index in [9.17, 15) is 32.7 Å². The van der Waals surface area contributed by atoms with Crippen molar-refractivity contribution in [1.29, 1.82) is 0 Å². The van der Waals surface area contributed by atoms with Crippen LogP contribution in [0.15, 0.2) is 42.5 Å². The highest BCUT2D eigenvalue weighted by molar-refractivity contribution is 6.00. The number of carbonyl (C=O) groups excluding carboxylic acids is 3. The lowest BCUT2D eigenvalue weighted by molar-refractivity contribution is -0.137. The van der Waals surface area contributed by atoms with E-state index in [0.717, 1.165) is 25.0 Å². The van der Waals surface area contributed by atoms with Crippen LogP contribution < -0.4 is 15.4 Å². The third kappa shape index (κ3) is 6.85. The molecule has 4 amide bonds. The van der Waals surface area contributed by atoms with Crippen molar-refractivity contribution < 1.29 is 37.4 Å². The molecule has 216 valence electrons. The predicted octanol–water partition coefficient (Wildman–Crippen LogP) is 4.44. The van der Waals surface area contributed by atoms with Gasteiger partial charge in [-0.15, -0.1) is 0 Å². The largest absolute Gasteiger partial charge is 0.487 e. The van der Waals surface area contributed by atoms with E-state index in [2.05, 4.69) is 10.6 Å². The molecule has 4 rings (SSSR count). The first-order chi connectivity index (χ1) is 18.9. The summed E-state index contributed by atoms with van der Waals surface area (Å²) in [6.07, 6.45) is -3.39. The molecule has 1 aliphatic heterocycles. The molecule has 0 bridgehead atoms. The molecule has 0 saturated heterocycles. The molecule has 1 fully saturated rings. The molecule has 2 aliphatic rings. The number of aliphatic hydroxyl groups excluding tert-OH is 1. The number of carbonyl (C=O) groups is 3. The lowest BCUT2D eigenvalue weighted by atomic mass is 9.99. The van der Waals surface area contributed by atoms with E-state index in [-0.39, 0.29) is 60.3 Å². The smallest absolute Gasteiger partial charge is 0.416 e. The first kappa shape index (κ1) is 29.2. The molecule has 0 radical (unpaired) electrons. The summed E-state index contributed by atoms with van der Waals surface area (Å²) in [5.74, 6) is -0.460. The van der Waals surface area contributed by atoms with Crippen molar-refractivity contribution >= 4 is 29.2 Å². The van der Waals surface area contributed by atoms with Gasteiger partial charge >= 0.3 is 12.2 Å². The standard InChI is InChI=1S/C28H33F3N4O5/c1-16-13-35(17(2)15-36)26(38)22-12-21(32-25(37)18-4-5-18)10-11-23(22)40-24(16)14-34(3)27(39)33-20-8-6-19(7-9-20)28(29,30)31/h6-12,16-18,24,36H,4-5,13-15H2,1-3H3,(H,32,37)(H,33,39)/t16-,17-,24-/m1/s1. The summed E-state index contributed by atoms with van der Waals surface area (Å²) in [5.41, 5.74) is 0.0712. The van der Waals surface area contributed by atoms with Crippen LogP contribution in [0.3, 0.4) is 0 Å². The van der Waals surface area contributed by atoms with Crippen LogP contribution in [0.2, 0.25) is 0 Å². The number of aliphatic hydroxyl groups is 1. The van der Waals surface area contributed by atoms with Gasteiger partial charge in [0.2, 0.25) is 5.91 Å². The third-order valence-electron chi connectivity index (χ3n) is 7.14. The highest BCUT2D eigenvalue weighted by Crippen LogP contribution is 2.33. The molecule has 3 N–H and O–H groups in total. The number of nitrogens with one attached hydrogen (secondary N) is 2. The first-order valence-electron chi connectivity index (χ1n) is 13.1. The number of fused-ring (bicyclic) bond motifs is 1. The maximum atomic E-state index is 13.5. The van der Waals surface area contributed by atoms with E-state index >= 15 is 0 Å². The lowest BCUT2D eigenvalue weighted by Crippen LogP contribution is -2.50. The Kier molecular flexibility index (Phi) is 8.57. The van der Waals surface area contributed by atoms with E-state index in [4.69, 9.17) is 4.74 Å². The summed E-state index contributed by atoms with van der Waals surface area (Å²) in [7, 11) is 1.53. The molecule has 40 heavy (non-hydrogen) atoms. The van der Waals surface area contributed by atoms with Gasteiger partial charge in [-0.2, -0.15) is 13.2 Å². The van der Waals surface area contributed by atoms with Crippen molar-refractivity contribution in [2.45, 2.75) is 45.0 Å². The average molecular weight is 563 g/mol. The molecular weight excluding hydrogens is 529 g/mol. The summed E-state index contributed by atoms with van der Waals surface area (Å²) in [6, 6.07) is 7.91. The van der Waals surface area contributed by atoms with Gasteiger partial charge < -0.3 is 30.3 Å². The topological polar surface area (TPSA) is 111 Å². The molecule has 1 saturated carbocycles. The highest BCUT2D eigenvalue weighted by Gasteiger charge is 2.35. The number of alkyl halides is 3. The zero-order valence-corrected chi connectivity index (χ0v) is 22.5. The molecule has 2 aromatic carbocycles. The Morgan fingerprint density at radius 2 is 1.77 bits per heavy atom. The number of hydrogen-bond donors (Lipinski definition) is 3. The van der Waals surface area contributed by atoms with E-state index in [0.29, 0.717) is 5.69 Å². The van der Waals surface area contributed by atoms with Crippen LogP contribution >= 0.6 is 0 Å². The van der Waals surface area contributed by atoms with Crippen LogP contribution in [-0.4, -0.2) is 71.6 Å². The molecule has 0 unspecified atom stereocenters. The third-order valence-corrected chi connectivity index (χ3v) is 7.14. The molecule has 3 atom stereocenters. The molecule has 0 spiro atoms.